The molecule has 1 unspecified atom stereocenters. The van der Waals surface area contributed by atoms with Crippen LogP contribution in [0.5, 0.6) is 5.75 Å². The molecule has 7 nitrogen and oxygen atoms in total. The van der Waals surface area contributed by atoms with Gasteiger partial charge >= 0.3 is 0 Å². The van der Waals surface area contributed by atoms with Gasteiger partial charge < -0.3 is 25.0 Å². The van der Waals surface area contributed by atoms with Crippen molar-refractivity contribution < 1.29 is 9.84 Å². The fourth-order valence-corrected chi connectivity index (χ4v) is 3.26. The fourth-order valence-electron chi connectivity index (χ4n) is 3.26. The van der Waals surface area contributed by atoms with E-state index in [4.69, 9.17) is 4.74 Å². The Kier molecular flexibility index (Phi) is 7.08. The predicted molar refractivity (Wildman–Crippen MR) is 112 cm³/mol. The first-order valence-corrected chi connectivity index (χ1v) is 9.71. The van der Waals surface area contributed by atoms with Crippen molar-refractivity contribution in [2.24, 2.45) is 4.99 Å². The Bertz CT molecular complexity index is 743. The molecule has 0 spiro atoms. The van der Waals surface area contributed by atoms with Gasteiger partial charge in [0.05, 0.1) is 19.8 Å². The molecule has 1 aromatic heterocycles. The number of aromatic nitrogens is 1. The van der Waals surface area contributed by atoms with Crippen molar-refractivity contribution in [2.75, 3.05) is 51.3 Å². The summed E-state index contributed by atoms with van der Waals surface area (Å²) in [4.78, 5) is 13.3. The van der Waals surface area contributed by atoms with E-state index in [0.717, 1.165) is 50.0 Å². The standard InChI is InChI=1S/C21H29N5O2/c1-3-23-21(24-16-20(27)17-8-10-22-11-9-17)26-14-12-25(13-15-26)18-4-6-19(28-2)7-5-18/h4-11,20,27H,3,12-16H2,1-2H3,(H,23,24). The van der Waals surface area contributed by atoms with Gasteiger partial charge in [-0.05, 0) is 48.9 Å². The first kappa shape index (κ1) is 19.9. The summed E-state index contributed by atoms with van der Waals surface area (Å²) in [7, 11) is 1.68. The average molecular weight is 383 g/mol. The van der Waals surface area contributed by atoms with Gasteiger partial charge in [0.15, 0.2) is 5.96 Å². The lowest BCUT2D eigenvalue weighted by Gasteiger charge is -2.37. The highest BCUT2D eigenvalue weighted by atomic mass is 16.5. The van der Waals surface area contributed by atoms with Gasteiger partial charge in [-0.25, -0.2) is 0 Å². The van der Waals surface area contributed by atoms with Crippen LogP contribution in [0, 0.1) is 0 Å². The van der Waals surface area contributed by atoms with Gasteiger partial charge in [0, 0.05) is 50.8 Å². The number of benzene rings is 1. The molecule has 1 saturated heterocycles. The molecular weight excluding hydrogens is 354 g/mol. The van der Waals surface area contributed by atoms with Crippen LogP contribution in [0.2, 0.25) is 0 Å². The number of ether oxygens (including phenoxy) is 1. The molecule has 3 rings (SSSR count). The number of piperazine rings is 1. The lowest BCUT2D eigenvalue weighted by atomic mass is 10.1. The molecule has 1 atom stereocenters. The molecule has 0 aliphatic carbocycles. The van der Waals surface area contributed by atoms with Crippen molar-refractivity contribution in [1.82, 2.24) is 15.2 Å². The van der Waals surface area contributed by atoms with E-state index in [-0.39, 0.29) is 0 Å². The van der Waals surface area contributed by atoms with Gasteiger partial charge in [0.2, 0.25) is 0 Å². The highest BCUT2D eigenvalue weighted by molar-refractivity contribution is 5.80. The number of rotatable bonds is 6. The number of aliphatic hydroxyl groups excluding tert-OH is 1. The second-order valence-electron chi connectivity index (χ2n) is 6.66. The monoisotopic (exact) mass is 383 g/mol. The third-order valence-corrected chi connectivity index (χ3v) is 4.86. The van der Waals surface area contributed by atoms with Crippen molar-refractivity contribution in [3.63, 3.8) is 0 Å². The van der Waals surface area contributed by atoms with Gasteiger partial charge in [0.1, 0.15) is 5.75 Å². The van der Waals surface area contributed by atoms with Gasteiger partial charge in [-0.15, -0.1) is 0 Å². The zero-order chi connectivity index (χ0) is 19.8. The summed E-state index contributed by atoms with van der Waals surface area (Å²) in [5.41, 5.74) is 2.04. The van der Waals surface area contributed by atoms with E-state index >= 15 is 0 Å². The van der Waals surface area contributed by atoms with Crippen molar-refractivity contribution in [3.8, 4) is 5.75 Å². The highest BCUT2D eigenvalue weighted by Crippen LogP contribution is 2.20. The molecule has 2 heterocycles. The minimum absolute atomic E-state index is 0.324. The Morgan fingerprint density at radius 3 is 2.43 bits per heavy atom. The summed E-state index contributed by atoms with van der Waals surface area (Å²) in [5.74, 6) is 1.72. The number of pyridine rings is 1. The molecule has 1 aliphatic heterocycles. The van der Waals surface area contributed by atoms with Crippen LogP contribution >= 0.6 is 0 Å². The molecule has 0 radical (unpaired) electrons. The maximum atomic E-state index is 10.4. The SMILES string of the molecule is CCNC(=NCC(O)c1ccncc1)N1CCN(c2ccc(OC)cc2)CC1. The summed E-state index contributed by atoms with van der Waals surface area (Å²) < 4.78 is 5.24. The number of hydrogen-bond acceptors (Lipinski definition) is 5. The molecule has 2 aromatic rings. The lowest BCUT2D eigenvalue weighted by Crippen LogP contribution is -2.52. The van der Waals surface area contributed by atoms with Crippen LogP contribution < -0.4 is 15.0 Å². The van der Waals surface area contributed by atoms with E-state index in [1.54, 1.807) is 19.5 Å². The summed E-state index contributed by atoms with van der Waals surface area (Å²) in [5, 5.41) is 13.7. The van der Waals surface area contributed by atoms with Crippen LogP contribution in [0.4, 0.5) is 5.69 Å². The van der Waals surface area contributed by atoms with Gasteiger partial charge in [-0.1, -0.05) is 0 Å². The van der Waals surface area contributed by atoms with E-state index < -0.39 is 6.10 Å². The molecule has 28 heavy (non-hydrogen) atoms. The first-order valence-electron chi connectivity index (χ1n) is 9.71. The smallest absolute Gasteiger partial charge is 0.194 e. The van der Waals surface area contributed by atoms with Crippen molar-refractivity contribution in [2.45, 2.75) is 13.0 Å². The number of aliphatic hydroxyl groups is 1. The quantitative estimate of drug-likeness (QED) is 0.586. The average Bonchev–Trinajstić information content (AvgIpc) is 2.77. The molecule has 1 aromatic carbocycles. The van der Waals surface area contributed by atoms with Crippen LogP contribution in [-0.2, 0) is 0 Å². The maximum absolute atomic E-state index is 10.4. The Morgan fingerprint density at radius 1 is 1.14 bits per heavy atom. The molecular formula is C21H29N5O2. The van der Waals surface area contributed by atoms with Crippen LogP contribution in [0.15, 0.2) is 53.8 Å². The molecule has 7 heteroatoms. The highest BCUT2D eigenvalue weighted by Gasteiger charge is 2.20. The number of nitrogens with zero attached hydrogens (tertiary/aromatic N) is 4. The zero-order valence-corrected chi connectivity index (χ0v) is 16.6. The van der Waals surface area contributed by atoms with E-state index in [2.05, 4.69) is 44.1 Å². The first-order chi connectivity index (χ1) is 13.7. The lowest BCUT2D eigenvalue weighted by molar-refractivity contribution is 0.186. The molecule has 0 saturated carbocycles. The topological polar surface area (TPSA) is 73.2 Å². The number of guanidine groups is 1. The number of methoxy groups -OCH3 is 1. The van der Waals surface area contributed by atoms with Crippen LogP contribution in [0.1, 0.15) is 18.6 Å². The number of hydrogen-bond donors (Lipinski definition) is 2. The largest absolute Gasteiger partial charge is 0.497 e. The molecule has 0 bridgehead atoms. The Labute approximate surface area is 166 Å². The minimum Gasteiger partial charge on any atom is -0.497 e. The minimum atomic E-state index is -0.628. The van der Waals surface area contributed by atoms with E-state index in [0.29, 0.717) is 6.54 Å². The van der Waals surface area contributed by atoms with Crippen molar-refractivity contribution in [1.29, 1.82) is 0 Å². The predicted octanol–water partition coefficient (Wildman–Crippen LogP) is 1.91. The Hall–Kier alpha value is -2.80. The normalized spacial score (nSPS) is 16.0. The summed E-state index contributed by atoms with van der Waals surface area (Å²) in [6.07, 6.45) is 2.75. The van der Waals surface area contributed by atoms with Crippen molar-refractivity contribution >= 4 is 11.6 Å². The molecule has 1 fully saturated rings. The molecule has 0 amide bonds. The molecule has 1 aliphatic rings. The maximum Gasteiger partial charge on any atom is 0.194 e. The zero-order valence-electron chi connectivity index (χ0n) is 16.6. The number of aliphatic imine (C=N–C) groups is 1. The Morgan fingerprint density at radius 2 is 1.82 bits per heavy atom. The Balaban J connectivity index is 1.59. The van der Waals surface area contributed by atoms with Crippen molar-refractivity contribution in [3.05, 3.63) is 54.4 Å². The fraction of sp³-hybridized carbons (Fsp3) is 0.429. The van der Waals surface area contributed by atoms with Gasteiger partial charge in [0.25, 0.3) is 0 Å². The molecule has 2 N–H and O–H groups in total. The second-order valence-corrected chi connectivity index (χ2v) is 6.66. The van der Waals surface area contributed by atoms with E-state index in [9.17, 15) is 5.11 Å². The van der Waals surface area contributed by atoms with E-state index in [1.807, 2.05) is 24.3 Å². The third kappa shape index (κ3) is 5.13. The summed E-state index contributed by atoms with van der Waals surface area (Å²) in [6, 6.07) is 11.8. The van der Waals surface area contributed by atoms with Crippen LogP contribution in [-0.4, -0.2) is 67.3 Å². The second kappa shape index (κ2) is 9.94. The van der Waals surface area contributed by atoms with E-state index in [1.165, 1.54) is 5.69 Å². The number of anilines is 1. The van der Waals surface area contributed by atoms with Crippen LogP contribution in [0.3, 0.4) is 0 Å². The number of nitrogens with one attached hydrogen (secondary N) is 1. The summed E-state index contributed by atoms with van der Waals surface area (Å²) in [6.45, 7) is 6.77. The summed E-state index contributed by atoms with van der Waals surface area (Å²) >= 11 is 0. The van der Waals surface area contributed by atoms with Gasteiger partial charge in [-0.3, -0.25) is 9.98 Å². The third-order valence-electron chi connectivity index (χ3n) is 4.86. The molecule has 150 valence electrons. The van der Waals surface area contributed by atoms with Gasteiger partial charge in [-0.2, -0.15) is 0 Å². The van der Waals surface area contributed by atoms with Crippen LogP contribution in [0.25, 0.3) is 0 Å².